The van der Waals surface area contributed by atoms with E-state index in [-0.39, 0.29) is 17.1 Å². The highest BCUT2D eigenvalue weighted by Gasteiger charge is 2.27. The van der Waals surface area contributed by atoms with Gasteiger partial charge in [-0.1, -0.05) is 17.8 Å². The zero-order chi connectivity index (χ0) is 7.84. The van der Waals surface area contributed by atoms with Gasteiger partial charge in [0.25, 0.3) is 0 Å². The molecule has 0 spiro atoms. The molecule has 2 rings (SSSR count). The Hall–Kier alpha value is -0.770. The predicted octanol–water partition coefficient (Wildman–Crippen LogP) is 1.21. The number of thioether (sulfide) groups is 1. The van der Waals surface area contributed by atoms with Gasteiger partial charge in [-0.05, 0) is 12.2 Å². The first-order chi connectivity index (χ1) is 5.25. The SMILES string of the molecule is NC1=NC2C=CC(F)=CC2S1. The Kier molecular flexibility index (Phi) is 1.49. The minimum Gasteiger partial charge on any atom is -0.379 e. The summed E-state index contributed by atoms with van der Waals surface area (Å²) in [5, 5.41) is 0.635. The number of nitrogens with two attached hydrogens (primary N) is 1. The molecule has 2 unspecified atom stereocenters. The van der Waals surface area contributed by atoms with Crippen molar-refractivity contribution < 1.29 is 4.39 Å². The summed E-state index contributed by atoms with van der Waals surface area (Å²) in [6, 6.07) is 0.0551. The number of hydrogen-bond donors (Lipinski definition) is 1. The van der Waals surface area contributed by atoms with Crippen LogP contribution in [0.5, 0.6) is 0 Å². The maximum Gasteiger partial charge on any atom is 0.155 e. The van der Waals surface area contributed by atoms with E-state index in [0.717, 1.165) is 0 Å². The number of amidine groups is 1. The number of rotatable bonds is 0. The second kappa shape index (κ2) is 2.37. The van der Waals surface area contributed by atoms with Crippen molar-refractivity contribution >= 4 is 16.9 Å². The van der Waals surface area contributed by atoms with E-state index in [9.17, 15) is 4.39 Å². The summed E-state index contributed by atoms with van der Waals surface area (Å²) in [4.78, 5) is 4.10. The average Bonchev–Trinajstić information content (AvgIpc) is 2.27. The Balaban J connectivity index is 2.25. The van der Waals surface area contributed by atoms with Gasteiger partial charge in [-0.15, -0.1) is 0 Å². The summed E-state index contributed by atoms with van der Waals surface area (Å²) in [5.74, 6) is -0.191. The Morgan fingerprint density at radius 3 is 3.27 bits per heavy atom. The van der Waals surface area contributed by atoms with Crippen molar-refractivity contribution in [2.45, 2.75) is 11.3 Å². The van der Waals surface area contributed by atoms with Crippen LogP contribution in [-0.4, -0.2) is 16.5 Å². The van der Waals surface area contributed by atoms with Gasteiger partial charge in [0.1, 0.15) is 5.83 Å². The first kappa shape index (κ1) is 6.91. The lowest BCUT2D eigenvalue weighted by Gasteiger charge is -2.11. The lowest BCUT2D eigenvalue weighted by atomic mass is 10.1. The van der Waals surface area contributed by atoms with Crippen molar-refractivity contribution in [2.75, 3.05) is 0 Å². The molecule has 0 radical (unpaired) electrons. The highest BCUT2D eigenvalue weighted by atomic mass is 32.2. The Morgan fingerprint density at radius 1 is 1.64 bits per heavy atom. The van der Waals surface area contributed by atoms with E-state index in [1.807, 2.05) is 0 Å². The van der Waals surface area contributed by atoms with Crippen molar-refractivity contribution in [1.29, 1.82) is 0 Å². The smallest absolute Gasteiger partial charge is 0.155 e. The van der Waals surface area contributed by atoms with Crippen molar-refractivity contribution in [3.63, 3.8) is 0 Å². The summed E-state index contributed by atoms with van der Waals surface area (Å²) >= 11 is 1.41. The number of aliphatic imine (C=N–C) groups is 1. The number of fused-ring (bicyclic) bond motifs is 1. The van der Waals surface area contributed by atoms with Crippen LogP contribution in [0.3, 0.4) is 0 Å². The lowest BCUT2D eigenvalue weighted by Crippen LogP contribution is -2.14. The first-order valence-corrected chi connectivity index (χ1v) is 4.19. The molecule has 0 fully saturated rings. The van der Waals surface area contributed by atoms with Gasteiger partial charge in [0.15, 0.2) is 5.17 Å². The molecule has 2 N–H and O–H groups in total. The van der Waals surface area contributed by atoms with Crippen LogP contribution in [0.4, 0.5) is 4.39 Å². The lowest BCUT2D eigenvalue weighted by molar-refractivity contribution is 0.646. The molecule has 0 aromatic heterocycles. The van der Waals surface area contributed by atoms with Gasteiger partial charge in [0.05, 0.1) is 11.3 Å². The molecule has 1 aliphatic heterocycles. The van der Waals surface area contributed by atoms with E-state index in [4.69, 9.17) is 5.73 Å². The largest absolute Gasteiger partial charge is 0.379 e. The van der Waals surface area contributed by atoms with E-state index in [1.165, 1.54) is 17.8 Å². The minimum atomic E-state index is -0.191. The fourth-order valence-corrected chi connectivity index (χ4v) is 2.10. The van der Waals surface area contributed by atoms with E-state index in [2.05, 4.69) is 4.99 Å². The molecule has 0 saturated carbocycles. The minimum absolute atomic E-state index is 0.0551. The molecule has 58 valence electrons. The maximum absolute atomic E-state index is 12.6. The van der Waals surface area contributed by atoms with E-state index < -0.39 is 0 Å². The van der Waals surface area contributed by atoms with Crippen molar-refractivity contribution in [3.05, 3.63) is 24.1 Å². The maximum atomic E-state index is 12.6. The second-order valence-corrected chi connectivity index (χ2v) is 3.65. The summed E-state index contributed by atoms with van der Waals surface area (Å²) in [6.45, 7) is 0. The molecule has 2 aliphatic rings. The van der Waals surface area contributed by atoms with Crippen molar-refractivity contribution in [1.82, 2.24) is 0 Å². The van der Waals surface area contributed by atoms with Crippen molar-refractivity contribution in [2.24, 2.45) is 10.7 Å². The number of hydrogen-bond acceptors (Lipinski definition) is 3. The predicted molar refractivity (Wildman–Crippen MR) is 45.1 cm³/mol. The fourth-order valence-electron chi connectivity index (χ4n) is 1.15. The zero-order valence-electron chi connectivity index (χ0n) is 5.70. The fraction of sp³-hybridized carbons (Fsp3) is 0.286. The van der Waals surface area contributed by atoms with Gasteiger partial charge in [-0.25, -0.2) is 4.39 Å². The van der Waals surface area contributed by atoms with Crippen molar-refractivity contribution in [3.8, 4) is 0 Å². The Labute approximate surface area is 68.1 Å². The third-order valence-corrected chi connectivity index (χ3v) is 2.68. The van der Waals surface area contributed by atoms with E-state index in [1.54, 1.807) is 12.2 Å². The molecule has 0 amide bonds. The Morgan fingerprint density at radius 2 is 2.45 bits per heavy atom. The van der Waals surface area contributed by atoms with E-state index in [0.29, 0.717) is 5.17 Å². The van der Waals surface area contributed by atoms with Crippen LogP contribution in [-0.2, 0) is 0 Å². The van der Waals surface area contributed by atoms with Gasteiger partial charge < -0.3 is 5.73 Å². The zero-order valence-corrected chi connectivity index (χ0v) is 6.51. The number of halogens is 1. The molecular formula is C7H7FN2S. The molecule has 11 heavy (non-hydrogen) atoms. The van der Waals surface area contributed by atoms with Gasteiger partial charge in [0.2, 0.25) is 0 Å². The number of nitrogens with zero attached hydrogens (tertiary/aromatic N) is 1. The third-order valence-electron chi connectivity index (χ3n) is 1.65. The molecule has 2 atom stereocenters. The first-order valence-electron chi connectivity index (χ1n) is 3.31. The van der Waals surface area contributed by atoms with Crippen LogP contribution in [0.25, 0.3) is 0 Å². The van der Waals surface area contributed by atoms with Gasteiger partial charge >= 0.3 is 0 Å². The van der Waals surface area contributed by atoms with Crippen LogP contribution < -0.4 is 5.73 Å². The molecule has 2 nitrogen and oxygen atoms in total. The molecule has 0 aromatic carbocycles. The summed E-state index contributed by atoms with van der Waals surface area (Å²) in [5.41, 5.74) is 5.47. The molecular weight excluding hydrogens is 163 g/mol. The van der Waals surface area contributed by atoms with Crippen LogP contribution in [0.15, 0.2) is 29.0 Å². The third kappa shape index (κ3) is 1.18. The summed E-state index contributed by atoms with van der Waals surface area (Å²) in [7, 11) is 0. The topological polar surface area (TPSA) is 38.4 Å². The average molecular weight is 170 g/mol. The van der Waals surface area contributed by atoms with Crippen LogP contribution in [0.1, 0.15) is 0 Å². The standard InChI is InChI=1S/C7H7FN2S/c8-4-1-2-5-6(3-4)11-7(9)10-5/h1-3,5-6H,(H2,9,10). The van der Waals surface area contributed by atoms with E-state index >= 15 is 0 Å². The Bertz CT molecular complexity index is 270. The van der Waals surface area contributed by atoms with Crippen LogP contribution in [0.2, 0.25) is 0 Å². The number of allylic oxidation sites excluding steroid dienone is 2. The monoisotopic (exact) mass is 170 g/mol. The summed E-state index contributed by atoms with van der Waals surface area (Å²) < 4.78 is 12.6. The summed E-state index contributed by atoms with van der Waals surface area (Å²) in [6.07, 6.45) is 4.73. The molecule has 4 heteroatoms. The molecule has 1 aliphatic carbocycles. The van der Waals surface area contributed by atoms with Crippen LogP contribution in [0, 0.1) is 0 Å². The molecule has 0 aromatic rings. The van der Waals surface area contributed by atoms with Gasteiger partial charge in [-0.3, -0.25) is 4.99 Å². The normalized spacial score (nSPS) is 34.6. The van der Waals surface area contributed by atoms with Gasteiger partial charge in [0, 0.05) is 0 Å². The van der Waals surface area contributed by atoms with Gasteiger partial charge in [-0.2, -0.15) is 0 Å². The molecule has 1 heterocycles. The highest BCUT2D eigenvalue weighted by Crippen LogP contribution is 2.30. The quantitative estimate of drug-likeness (QED) is 0.593. The molecule has 0 bridgehead atoms. The molecule has 0 saturated heterocycles. The van der Waals surface area contributed by atoms with Crippen LogP contribution >= 0.6 is 11.8 Å². The second-order valence-electron chi connectivity index (χ2n) is 2.45. The highest BCUT2D eigenvalue weighted by molar-refractivity contribution is 8.14.